The van der Waals surface area contributed by atoms with Gasteiger partial charge in [-0.05, 0) is 31.0 Å². The van der Waals surface area contributed by atoms with E-state index in [1.165, 1.54) is 31.4 Å². The van der Waals surface area contributed by atoms with Crippen molar-refractivity contribution in [1.29, 1.82) is 0 Å². The third-order valence-electron chi connectivity index (χ3n) is 3.96. The zero-order valence-electron chi connectivity index (χ0n) is 11.6. The molecule has 1 heterocycles. The van der Waals surface area contributed by atoms with Gasteiger partial charge in [0.25, 0.3) is 0 Å². The monoisotopic (exact) mass is 275 g/mol. The van der Waals surface area contributed by atoms with Crippen LogP contribution in [-0.2, 0) is 0 Å². The quantitative estimate of drug-likeness (QED) is 0.894. The Hall–Kier alpha value is -1.16. The molecular weight excluding hydrogens is 254 g/mol. The molecule has 2 aliphatic rings. The molecule has 1 aliphatic carbocycles. The van der Waals surface area contributed by atoms with E-state index < -0.39 is 0 Å². The molecule has 1 aromatic rings. The van der Waals surface area contributed by atoms with Crippen molar-refractivity contribution in [3.05, 3.63) is 24.3 Å². The maximum Gasteiger partial charge on any atom is 0.161 e. The predicted molar refractivity (Wildman–Crippen MR) is 85.5 cm³/mol. The van der Waals surface area contributed by atoms with Crippen molar-refractivity contribution in [1.82, 2.24) is 0 Å². The Kier molecular flexibility index (Phi) is 3.44. The lowest BCUT2D eigenvalue weighted by Gasteiger charge is -2.16. The van der Waals surface area contributed by atoms with E-state index in [-0.39, 0.29) is 5.54 Å². The van der Waals surface area contributed by atoms with Crippen molar-refractivity contribution >= 4 is 28.3 Å². The minimum atomic E-state index is 0.256. The van der Waals surface area contributed by atoms with Crippen molar-refractivity contribution in [2.24, 2.45) is 4.99 Å². The first-order valence-corrected chi connectivity index (χ1v) is 7.93. The average molecular weight is 275 g/mol. The molecule has 1 aliphatic heterocycles. The lowest BCUT2D eigenvalue weighted by Crippen LogP contribution is -2.21. The van der Waals surface area contributed by atoms with Gasteiger partial charge in [-0.2, -0.15) is 0 Å². The average Bonchev–Trinajstić information content (AvgIpc) is 3.01. The molecule has 1 saturated carbocycles. The summed E-state index contributed by atoms with van der Waals surface area (Å²) >= 11 is 1.87. The van der Waals surface area contributed by atoms with Gasteiger partial charge in [-0.25, -0.2) is 0 Å². The summed E-state index contributed by atoms with van der Waals surface area (Å²) in [5.74, 6) is 1.16. The topological polar surface area (TPSA) is 27.6 Å². The standard InChI is InChI=1S/C15H21N3S/c1-18(2)13-7-5-6-12(10-13)16-14-17-15(11-19-14)8-3-4-9-15/h5-7,10H,3-4,8-9,11H2,1-2H3,(H,16,17). The normalized spacial score (nSPS) is 20.6. The van der Waals surface area contributed by atoms with Crippen LogP contribution < -0.4 is 10.2 Å². The summed E-state index contributed by atoms with van der Waals surface area (Å²) in [5, 5.41) is 4.57. The van der Waals surface area contributed by atoms with E-state index in [0.717, 1.165) is 16.6 Å². The third kappa shape index (κ3) is 2.73. The Labute approximate surface area is 119 Å². The first kappa shape index (κ1) is 12.9. The molecule has 0 aromatic heterocycles. The summed E-state index contributed by atoms with van der Waals surface area (Å²) in [7, 11) is 4.13. The van der Waals surface area contributed by atoms with Gasteiger partial charge in [-0.3, -0.25) is 4.99 Å². The van der Waals surface area contributed by atoms with E-state index >= 15 is 0 Å². The SMILES string of the molecule is CN(C)c1cccc(NC2=NC3(CCCC3)CS2)c1. The summed E-state index contributed by atoms with van der Waals surface area (Å²) in [6, 6.07) is 8.48. The molecule has 0 amide bonds. The number of thioether (sulfide) groups is 1. The minimum Gasteiger partial charge on any atom is -0.378 e. The van der Waals surface area contributed by atoms with Crippen LogP contribution in [0.15, 0.2) is 29.3 Å². The van der Waals surface area contributed by atoms with Crippen molar-refractivity contribution in [3.63, 3.8) is 0 Å². The molecule has 3 nitrogen and oxygen atoms in total. The molecule has 1 spiro atoms. The fourth-order valence-corrected chi connectivity index (χ4v) is 4.03. The smallest absolute Gasteiger partial charge is 0.161 e. The van der Waals surface area contributed by atoms with Gasteiger partial charge in [-0.1, -0.05) is 30.7 Å². The summed E-state index contributed by atoms with van der Waals surface area (Å²) in [5.41, 5.74) is 2.60. The van der Waals surface area contributed by atoms with Gasteiger partial charge >= 0.3 is 0 Å². The molecule has 0 radical (unpaired) electrons. The number of hydrogen-bond donors (Lipinski definition) is 1. The number of nitrogens with zero attached hydrogens (tertiary/aromatic N) is 2. The number of benzene rings is 1. The third-order valence-corrected chi connectivity index (χ3v) is 5.11. The Morgan fingerprint density at radius 3 is 2.79 bits per heavy atom. The largest absolute Gasteiger partial charge is 0.378 e. The molecule has 1 aromatic carbocycles. The van der Waals surface area contributed by atoms with Gasteiger partial charge in [0.1, 0.15) is 0 Å². The number of aliphatic imine (C=N–C) groups is 1. The second-order valence-corrected chi connectivity index (χ2v) is 6.67. The fraction of sp³-hybridized carbons (Fsp3) is 0.533. The maximum atomic E-state index is 4.94. The van der Waals surface area contributed by atoms with Crippen LogP contribution >= 0.6 is 11.8 Å². The number of nitrogens with one attached hydrogen (secondary N) is 1. The van der Waals surface area contributed by atoms with Crippen LogP contribution in [0.5, 0.6) is 0 Å². The molecule has 0 saturated heterocycles. The van der Waals surface area contributed by atoms with Gasteiger partial charge in [0.15, 0.2) is 5.17 Å². The van der Waals surface area contributed by atoms with Crippen LogP contribution in [0, 0.1) is 0 Å². The molecule has 4 heteroatoms. The van der Waals surface area contributed by atoms with Crippen LogP contribution in [0.25, 0.3) is 0 Å². The van der Waals surface area contributed by atoms with Gasteiger partial charge in [0, 0.05) is 31.2 Å². The van der Waals surface area contributed by atoms with Crippen LogP contribution in [0.4, 0.5) is 11.4 Å². The highest BCUT2D eigenvalue weighted by Gasteiger charge is 2.38. The molecule has 1 N–H and O–H groups in total. The summed E-state index contributed by atoms with van der Waals surface area (Å²) < 4.78 is 0. The molecule has 102 valence electrons. The molecular formula is C15H21N3S. The second kappa shape index (κ2) is 5.08. The molecule has 1 fully saturated rings. The van der Waals surface area contributed by atoms with E-state index in [2.05, 4.69) is 48.6 Å². The van der Waals surface area contributed by atoms with Gasteiger partial charge < -0.3 is 10.2 Å². The van der Waals surface area contributed by atoms with E-state index in [9.17, 15) is 0 Å². The van der Waals surface area contributed by atoms with Crippen LogP contribution in [0.1, 0.15) is 25.7 Å². The fourth-order valence-electron chi connectivity index (χ4n) is 2.82. The van der Waals surface area contributed by atoms with Gasteiger partial charge in [-0.15, -0.1) is 0 Å². The first-order valence-electron chi connectivity index (χ1n) is 6.94. The number of anilines is 2. The zero-order valence-corrected chi connectivity index (χ0v) is 12.5. The summed E-state index contributed by atoms with van der Waals surface area (Å²) in [6.07, 6.45) is 5.22. The van der Waals surface area contributed by atoms with E-state index in [0.29, 0.717) is 0 Å². The Balaban J connectivity index is 1.73. The number of amidine groups is 1. The Bertz CT molecular complexity index is 490. The highest BCUT2D eigenvalue weighted by atomic mass is 32.2. The number of hydrogen-bond acceptors (Lipinski definition) is 4. The van der Waals surface area contributed by atoms with Crippen LogP contribution in [0.2, 0.25) is 0 Å². The Morgan fingerprint density at radius 1 is 1.26 bits per heavy atom. The van der Waals surface area contributed by atoms with Crippen molar-refractivity contribution in [2.75, 3.05) is 30.1 Å². The molecule has 0 unspecified atom stereocenters. The van der Waals surface area contributed by atoms with Crippen LogP contribution in [-0.4, -0.2) is 30.6 Å². The highest BCUT2D eigenvalue weighted by molar-refractivity contribution is 8.14. The van der Waals surface area contributed by atoms with E-state index in [4.69, 9.17) is 4.99 Å². The molecule has 3 rings (SSSR count). The van der Waals surface area contributed by atoms with Crippen molar-refractivity contribution < 1.29 is 0 Å². The first-order chi connectivity index (χ1) is 9.17. The van der Waals surface area contributed by atoms with Gasteiger partial charge in [0.05, 0.1) is 5.54 Å². The molecule has 0 atom stereocenters. The maximum absolute atomic E-state index is 4.94. The van der Waals surface area contributed by atoms with Crippen molar-refractivity contribution in [2.45, 2.75) is 31.2 Å². The molecule has 19 heavy (non-hydrogen) atoms. The van der Waals surface area contributed by atoms with Crippen LogP contribution in [0.3, 0.4) is 0 Å². The second-order valence-electron chi connectivity index (χ2n) is 5.71. The summed E-state index contributed by atoms with van der Waals surface area (Å²) in [6.45, 7) is 0. The predicted octanol–water partition coefficient (Wildman–Crippen LogP) is 3.58. The summed E-state index contributed by atoms with van der Waals surface area (Å²) in [4.78, 5) is 7.06. The highest BCUT2D eigenvalue weighted by Crippen LogP contribution is 2.41. The van der Waals surface area contributed by atoms with E-state index in [1.54, 1.807) is 0 Å². The lowest BCUT2D eigenvalue weighted by atomic mass is 10.0. The van der Waals surface area contributed by atoms with Crippen molar-refractivity contribution in [3.8, 4) is 0 Å². The Morgan fingerprint density at radius 2 is 2.05 bits per heavy atom. The minimum absolute atomic E-state index is 0.256. The molecule has 0 bridgehead atoms. The lowest BCUT2D eigenvalue weighted by molar-refractivity contribution is 0.508. The zero-order chi connectivity index (χ0) is 13.3. The van der Waals surface area contributed by atoms with Gasteiger partial charge in [0.2, 0.25) is 0 Å². The van der Waals surface area contributed by atoms with E-state index in [1.807, 2.05) is 11.8 Å². The number of rotatable bonds is 2.